The van der Waals surface area contributed by atoms with Crippen LogP contribution in [0.15, 0.2) is 36.8 Å². The summed E-state index contributed by atoms with van der Waals surface area (Å²) in [7, 11) is 0. The van der Waals surface area contributed by atoms with Gasteiger partial charge in [-0.1, -0.05) is 6.07 Å². The minimum absolute atomic E-state index is 0.0152. The summed E-state index contributed by atoms with van der Waals surface area (Å²) >= 11 is 0. The largest absolute Gasteiger partial charge is 0.322 e. The van der Waals surface area contributed by atoms with Gasteiger partial charge in [0.25, 0.3) is 0 Å². The first-order valence-corrected chi connectivity index (χ1v) is 5.13. The standard InChI is InChI=1S/C12H11F2N3/c13-9-2-1-3-10(14)8(9)6-11(15)12-4-5-16-7-17-12/h1-5,7,11H,6,15H2. The van der Waals surface area contributed by atoms with Gasteiger partial charge in [0, 0.05) is 11.8 Å². The smallest absolute Gasteiger partial charge is 0.129 e. The van der Waals surface area contributed by atoms with Crippen molar-refractivity contribution in [2.75, 3.05) is 0 Å². The lowest BCUT2D eigenvalue weighted by molar-refractivity contribution is 0.537. The summed E-state index contributed by atoms with van der Waals surface area (Å²) in [4.78, 5) is 7.71. The molecule has 5 heteroatoms. The van der Waals surface area contributed by atoms with E-state index in [0.717, 1.165) is 0 Å². The number of rotatable bonds is 3. The van der Waals surface area contributed by atoms with Crippen LogP contribution in [0, 0.1) is 11.6 Å². The second-order valence-electron chi connectivity index (χ2n) is 3.65. The first kappa shape index (κ1) is 11.6. The van der Waals surface area contributed by atoms with Crippen molar-refractivity contribution in [2.24, 2.45) is 5.73 Å². The van der Waals surface area contributed by atoms with Crippen LogP contribution in [0.1, 0.15) is 17.3 Å². The molecular weight excluding hydrogens is 224 g/mol. The Hall–Kier alpha value is -1.88. The number of hydrogen-bond acceptors (Lipinski definition) is 3. The molecule has 88 valence electrons. The summed E-state index contributed by atoms with van der Waals surface area (Å²) < 4.78 is 26.8. The second-order valence-corrected chi connectivity index (χ2v) is 3.65. The molecule has 1 aromatic carbocycles. The van der Waals surface area contributed by atoms with Crippen LogP contribution >= 0.6 is 0 Å². The molecule has 0 aliphatic heterocycles. The first-order valence-electron chi connectivity index (χ1n) is 5.13. The number of halogens is 2. The molecule has 0 saturated heterocycles. The number of benzene rings is 1. The summed E-state index contributed by atoms with van der Waals surface area (Å²) in [5, 5.41) is 0. The fourth-order valence-corrected chi connectivity index (χ4v) is 1.57. The lowest BCUT2D eigenvalue weighted by Crippen LogP contribution is -2.16. The zero-order valence-electron chi connectivity index (χ0n) is 8.98. The van der Waals surface area contributed by atoms with Crippen LogP contribution < -0.4 is 5.73 Å². The molecule has 0 aliphatic carbocycles. The topological polar surface area (TPSA) is 51.8 Å². The van der Waals surface area contributed by atoms with Crippen molar-refractivity contribution in [1.29, 1.82) is 0 Å². The SMILES string of the molecule is NC(Cc1c(F)cccc1F)c1ccncn1. The van der Waals surface area contributed by atoms with Crippen LogP contribution in [-0.4, -0.2) is 9.97 Å². The molecule has 1 unspecified atom stereocenters. The summed E-state index contributed by atoms with van der Waals surface area (Å²) in [6.07, 6.45) is 2.96. The number of aromatic nitrogens is 2. The van der Waals surface area contributed by atoms with Crippen LogP contribution in [-0.2, 0) is 6.42 Å². The van der Waals surface area contributed by atoms with E-state index >= 15 is 0 Å². The highest BCUT2D eigenvalue weighted by atomic mass is 19.1. The van der Waals surface area contributed by atoms with Crippen molar-refractivity contribution in [3.05, 3.63) is 59.7 Å². The molecule has 0 spiro atoms. The minimum atomic E-state index is -0.588. The molecule has 3 nitrogen and oxygen atoms in total. The van der Waals surface area contributed by atoms with Gasteiger partial charge in [0.05, 0.1) is 11.7 Å². The highest BCUT2D eigenvalue weighted by Crippen LogP contribution is 2.18. The summed E-state index contributed by atoms with van der Waals surface area (Å²) in [5.74, 6) is -1.18. The van der Waals surface area contributed by atoms with E-state index in [1.54, 1.807) is 12.3 Å². The van der Waals surface area contributed by atoms with Gasteiger partial charge in [0.1, 0.15) is 18.0 Å². The third-order valence-corrected chi connectivity index (χ3v) is 2.47. The first-order chi connectivity index (χ1) is 8.18. The van der Waals surface area contributed by atoms with Crippen molar-refractivity contribution in [3.8, 4) is 0 Å². The maximum Gasteiger partial charge on any atom is 0.129 e. The van der Waals surface area contributed by atoms with Gasteiger partial charge in [-0.2, -0.15) is 0 Å². The Labute approximate surface area is 97.3 Å². The maximum absolute atomic E-state index is 13.4. The fourth-order valence-electron chi connectivity index (χ4n) is 1.57. The molecule has 0 amide bonds. The third kappa shape index (κ3) is 2.62. The monoisotopic (exact) mass is 235 g/mol. The van der Waals surface area contributed by atoms with Crippen LogP contribution in [0.4, 0.5) is 8.78 Å². The normalized spacial score (nSPS) is 12.4. The summed E-state index contributed by atoms with van der Waals surface area (Å²) in [5.41, 5.74) is 6.38. The Kier molecular flexibility index (Phi) is 3.39. The molecule has 17 heavy (non-hydrogen) atoms. The number of hydrogen-bond donors (Lipinski definition) is 1. The van der Waals surface area contributed by atoms with E-state index in [1.165, 1.54) is 24.5 Å². The number of nitrogens with zero attached hydrogens (tertiary/aromatic N) is 2. The predicted molar refractivity (Wildman–Crippen MR) is 59.0 cm³/mol. The molecule has 1 aromatic heterocycles. The number of nitrogens with two attached hydrogens (primary N) is 1. The molecule has 2 aromatic rings. The Balaban J connectivity index is 2.22. The van der Waals surface area contributed by atoms with Gasteiger partial charge in [-0.3, -0.25) is 0 Å². The van der Waals surface area contributed by atoms with E-state index in [-0.39, 0.29) is 12.0 Å². The Morgan fingerprint density at radius 2 is 1.88 bits per heavy atom. The maximum atomic E-state index is 13.4. The second kappa shape index (κ2) is 4.97. The Bertz CT molecular complexity index is 482. The lowest BCUT2D eigenvalue weighted by atomic mass is 10.0. The molecule has 0 aliphatic rings. The van der Waals surface area contributed by atoms with E-state index in [9.17, 15) is 8.78 Å². The average Bonchev–Trinajstić information content (AvgIpc) is 2.35. The molecule has 0 radical (unpaired) electrons. The van der Waals surface area contributed by atoms with Crippen LogP contribution in [0.25, 0.3) is 0 Å². The van der Waals surface area contributed by atoms with Crippen molar-refractivity contribution < 1.29 is 8.78 Å². The van der Waals surface area contributed by atoms with Gasteiger partial charge < -0.3 is 5.73 Å². The lowest BCUT2D eigenvalue weighted by Gasteiger charge is -2.11. The molecule has 0 saturated carbocycles. The van der Waals surface area contributed by atoms with E-state index in [4.69, 9.17) is 5.73 Å². The molecule has 0 bridgehead atoms. The Morgan fingerprint density at radius 3 is 2.47 bits per heavy atom. The van der Waals surface area contributed by atoms with Crippen LogP contribution in [0.5, 0.6) is 0 Å². The third-order valence-electron chi connectivity index (χ3n) is 2.47. The molecule has 1 atom stereocenters. The van der Waals surface area contributed by atoms with E-state index < -0.39 is 17.7 Å². The van der Waals surface area contributed by atoms with Gasteiger partial charge in [-0.15, -0.1) is 0 Å². The zero-order chi connectivity index (χ0) is 12.3. The van der Waals surface area contributed by atoms with E-state index in [0.29, 0.717) is 5.69 Å². The van der Waals surface area contributed by atoms with Gasteiger partial charge >= 0.3 is 0 Å². The average molecular weight is 235 g/mol. The highest BCUT2D eigenvalue weighted by Gasteiger charge is 2.14. The van der Waals surface area contributed by atoms with Gasteiger partial charge in [0.15, 0.2) is 0 Å². The molecule has 2 rings (SSSR count). The van der Waals surface area contributed by atoms with Crippen LogP contribution in [0.3, 0.4) is 0 Å². The van der Waals surface area contributed by atoms with Crippen molar-refractivity contribution in [2.45, 2.75) is 12.5 Å². The van der Waals surface area contributed by atoms with Gasteiger partial charge in [-0.05, 0) is 24.6 Å². The predicted octanol–water partition coefficient (Wildman–Crippen LogP) is 2.00. The van der Waals surface area contributed by atoms with Crippen molar-refractivity contribution in [1.82, 2.24) is 9.97 Å². The van der Waals surface area contributed by atoms with Crippen molar-refractivity contribution >= 4 is 0 Å². The van der Waals surface area contributed by atoms with Gasteiger partial charge in [-0.25, -0.2) is 18.7 Å². The summed E-state index contributed by atoms with van der Waals surface area (Å²) in [6.45, 7) is 0. The molecular formula is C12H11F2N3. The molecule has 1 heterocycles. The van der Waals surface area contributed by atoms with Crippen LogP contribution in [0.2, 0.25) is 0 Å². The van der Waals surface area contributed by atoms with Gasteiger partial charge in [0.2, 0.25) is 0 Å². The zero-order valence-corrected chi connectivity index (χ0v) is 8.98. The summed E-state index contributed by atoms with van der Waals surface area (Å²) in [6, 6.07) is 4.83. The quantitative estimate of drug-likeness (QED) is 0.885. The Morgan fingerprint density at radius 1 is 1.18 bits per heavy atom. The van der Waals surface area contributed by atoms with E-state index in [2.05, 4.69) is 9.97 Å². The van der Waals surface area contributed by atoms with E-state index in [1.807, 2.05) is 0 Å². The highest BCUT2D eigenvalue weighted by molar-refractivity contribution is 5.22. The van der Waals surface area contributed by atoms with Crippen molar-refractivity contribution in [3.63, 3.8) is 0 Å². The fraction of sp³-hybridized carbons (Fsp3) is 0.167. The minimum Gasteiger partial charge on any atom is -0.322 e. The molecule has 0 fully saturated rings. The molecule has 2 N–H and O–H groups in total.